The maximum atomic E-state index is 14.1. The average molecular weight is 520 g/mol. The topological polar surface area (TPSA) is 90.5 Å². The van der Waals surface area contributed by atoms with E-state index in [2.05, 4.69) is 10.2 Å². The summed E-state index contributed by atoms with van der Waals surface area (Å²) in [5, 5.41) is 3.30. The first kappa shape index (κ1) is 25.8. The molecule has 3 aromatic rings. The predicted octanol–water partition coefficient (Wildman–Crippen LogP) is 3.37. The van der Waals surface area contributed by atoms with E-state index in [4.69, 9.17) is 16.3 Å². The fourth-order valence-corrected chi connectivity index (χ4v) is 4.79. The Morgan fingerprint density at radius 2 is 1.92 bits per heavy atom. The van der Waals surface area contributed by atoms with Crippen LogP contribution in [0.2, 0.25) is 5.02 Å². The number of nitrogens with zero attached hydrogens (tertiary/aromatic N) is 4. The lowest BCUT2D eigenvalue weighted by Crippen LogP contribution is -2.49. The molecule has 0 saturated carbocycles. The van der Waals surface area contributed by atoms with Crippen LogP contribution in [0.3, 0.4) is 0 Å². The van der Waals surface area contributed by atoms with Crippen molar-refractivity contribution >= 4 is 34.5 Å². The van der Waals surface area contributed by atoms with Crippen molar-refractivity contribution in [2.45, 2.75) is 51.8 Å². The highest BCUT2D eigenvalue weighted by molar-refractivity contribution is 6.31. The number of aryl methyl sites for hydroxylation is 1. The van der Waals surface area contributed by atoms with Crippen LogP contribution in [0.1, 0.15) is 39.2 Å². The summed E-state index contributed by atoms with van der Waals surface area (Å²) in [4.78, 5) is 40.3. The lowest BCUT2D eigenvalue weighted by Gasteiger charge is -2.35. The van der Waals surface area contributed by atoms with E-state index in [0.717, 1.165) is 17.4 Å². The van der Waals surface area contributed by atoms with E-state index in [1.807, 2.05) is 0 Å². The van der Waals surface area contributed by atoms with E-state index in [1.165, 1.54) is 29.8 Å². The number of hydrogen-bond acceptors (Lipinski definition) is 5. The van der Waals surface area contributed by atoms with Gasteiger partial charge in [0.2, 0.25) is 0 Å². The van der Waals surface area contributed by atoms with Gasteiger partial charge >= 0.3 is 11.8 Å². The van der Waals surface area contributed by atoms with Crippen LogP contribution >= 0.6 is 11.6 Å². The summed E-state index contributed by atoms with van der Waals surface area (Å²) in [6, 6.07) is 5.72. The predicted molar refractivity (Wildman–Crippen MR) is 138 cm³/mol. The standard InChI is InChI=1S/C25H31ClFN5O4/c1-25(2,3)36-23(34)28-17-7-6-10-31(14-17)20-12-19-21(22(33)30(5)24(35)29(19)4)32(20)13-15-11-16(27)8-9-18(15)26/h8-9,11-12,17H,6-7,10,13-14H2,1-5H3,(H,28,34)/t17-/m1/s1. The van der Waals surface area contributed by atoms with Gasteiger partial charge in [0.25, 0.3) is 5.56 Å². The molecular weight excluding hydrogens is 489 g/mol. The van der Waals surface area contributed by atoms with Crippen molar-refractivity contribution in [2.24, 2.45) is 14.1 Å². The van der Waals surface area contributed by atoms with Gasteiger partial charge in [0.15, 0.2) is 0 Å². The van der Waals surface area contributed by atoms with Crippen molar-refractivity contribution in [1.29, 1.82) is 0 Å². The lowest BCUT2D eigenvalue weighted by molar-refractivity contribution is 0.0500. The number of nitrogens with one attached hydrogen (secondary N) is 1. The van der Waals surface area contributed by atoms with Crippen LogP contribution in [0.15, 0.2) is 33.9 Å². The monoisotopic (exact) mass is 519 g/mol. The molecular formula is C25H31ClFN5O4. The van der Waals surface area contributed by atoms with Gasteiger partial charge in [-0.2, -0.15) is 0 Å². The van der Waals surface area contributed by atoms with Crippen LogP contribution in [0, 0.1) is 5.82 Å². The quantitative estimate of drug-likeness (QED) is 0.571. The second-order valence-corrected chi connectivity index (χ2v) is 10.6. The fourth-order valence-electron chi connectivity index (χ4n) is 4.61. The van der Waals surface area contributed by atoms with Crippen LogP contribution in [0.25, 0.3) is 11.0 Å². The molecule has 194 valence electrons. The normalized spacial score (nSPS) is 16.4. The number of carbonyl (C=O) groups is 1. The summed E-state index contributed by atoms with van der Waals surface area (Å²) in [7, 11) is 3.04. The smallest absolute Gasteiger partial charge is 0.407 e. The van der Waals surface area contributed by atoms with E-state index in [1.54, 1.807) is 38.5 Å². The molecule has 2 aromatic heterocycles. The Kier molecular flexibility index (Phi) is 6.92. The van der Waals surface area contributed by atoms with Crippen LogP contribution < -0.4 is 21.5 Å². The molecule has 36 heavy (non-hydrogen) atoms. The van der Waals surface area contributed by atoms with E-state index < -0.39 is 28.8 Å². The van der Waals surface area contributed by atoms with E-state index in [-0.39, 0.29) is 12.6 Å². The highest BCUT2D eigenvalue weighted by Gasteiger charge is 2.28. The van der Waals surface area contributed by atoms with Gasteiger partial charge in [-0.1, -0.05) is 11.6 Å². The molecule has 4 rings (SSSR count). The highest BCUT2D eigenvalue weighted by atomic mass is 35.5. The molecule has 11 heteroatoms. The first-order valence-corrected chi connectivity index (χ1v) is 12.2. The molecule has 0 bridgehead atoms. The zero-order valence-electron chi connectivity index (χ0n) is 21.1. The fraction of sp³-hybridized carbons (Fsp3) is 0.480. The molecule has 1 aliphatic heterocycles. The van der Waals surface area contributed by atoms with Crippen molar-refractivity contribution in [2.75, 3.05) is 18.0 Å². The maximum Gasteiger partial charge on any atom is 0.407 e. The summed E-state index contributed by atoms with van der Waals surface area (Å²) in [6.07, 6.45) is 1.07. The van der Waals surface area contributed by atoms with Gasteiger partial charge in [0.05, 0.1) is 12.1 Å². The molecule has 0 aliphatic carbocycles. The van der Waals surface area contributed by atoms with Crippen LogP contribution in [0.4, 0.5) is 15.0 Å². The van der Waals surface area contributed by atoms with E-state index in [9.17, 15) is 18.8 Å². The zero-order chi connectivity index (χ0) is 26.4. The molecule has 1 atom stereocenters. The number of fused-ring (bicyclic) bond motifs is 1. The number of hydrogen-bond donors (Lipinski definition) is 1. The summed E-state index contributed by atoms with van der Waals surface area (Å²) in [5.74, 6) is 0.242. The largest absolute Gasteiger partial charge is 0.444 e. The third-order valence-corrected chi connectivity index (χ3v) is 6.67. The number of halogens is 2. The minimum absolute atomic E-state index is 0.129. The van der Waals surface area contributed by atoms with Gasteiger partial charge in [-0.05, 0) is 57.4 Å². The van der Waals surface area contributed by atoms with Crippen molar-refractivity contribution < 1.29 is 13.9 Å². The molecule has 0 unspecified atom stereocenters. The van der Waals surface area contributed by atoms with Crippen molar-refractivity contribution in [3.05, 3.63) is 61.5 Å². The number of rotatable bonds is 4. The van der Waals surface area contributed by atoms with Crippen LogP contribution in [0.5, 0.6) is 0 Å². The third-order valence-electron chi connectivity index (χ3n) is 6.30. The summed E-state index contributed by atoms with van der Waals surface area (Å²) < 4.78 is 23.7. The molecule has 1 N–H and O–H groups in total. The second-order valence-electron chi connectivity index (χ2n) is 10.2. The number of aromatic nitrogens is 3. The van der Waals surface area contributed by atoms with Gasteiger partial charge in [0, 0.05) is 44.3 Å². The van der Waals surface area contributed by atoms with Gasteiger partial charge < -0.3 is 19.5 Å². The lowest BCUT2D eigenvalue weighted by atomic mass is 10.1. The van der Waals surface area contributed by atoms with E-state index in [0.29, 0.717) is 40.5 Å². The third kappa shape index (κ3) is 5.13. The number of carbonyl (C=O) groups excluding carboxylic acids is 1. The Morgan fingerprint density at radius 1 is 1.19 bits per heavy atom. The number of amides is 1. The highest BCUT2D eigenvalue weighted by Crippen LogP contribution is 2.29. The molecule has 9 nitrogen and oxygen atoms in total. The number of piperidine rings is 1. The zero-order valence-corrected chi connectivity index (χ0v) is 21.9. The minimum Gasteiger partial charge on any atom is -0.444 e. The number of anilines is 1. The molecule has 1 aliphatic rings. The maximum absolute atomic E-state index is 14.1. The van der Waals surface area contributed by atoms with Crippen molar-refractivity contribution in [3.8, 4) is 0 Å². The molecule has 1 saturated heterocycles. The number of benzene rings is 1. The summed E-state index contributed by atoms with van der Waals surface area (Å²) in [6.45, 7) is 6.69. The Bertz CT molecular complexity index is 1440. The average Bonchev–Trinajstić information content (AvgIpc) is 3.17. The Morgan fingerprint density at radius 3 is 2.61 bits per heavy atom. The van der Waals surface area contributed by atoms with Gasteiger partial charge in [-0.3, -0.25) is 13.9 Å². The number of ether oxygens (including phenoxy) is 1. The van der Waals surface area contributed by atoms with Crippen LogP contribution in [-0.4, -0.2) is 44.5 Å². The van der Waals surface area contributed by atoms with Gasteiger partial charge in [-0.25, -0.2) is 14.0 Å². The molecule has 0 spiro atoms. The molecule has 1 aromatic carbocycles. The second kappa shape index (κ2) is 9.65. The van der Waals surface area contributed by atoms with Crippen LogP contribution in [-0.2, 0) is 25.4 Å². The van der Waals surface area contributed by atoms with Gasteiger partial charge in [0.1, 0.15) is 22.8 Å². The Balaban J connectivity index is 1.78. The van der Waals surface area contributed by atoms with Crippen molar-refractivity contribution in [3.63, 3.8) is 0 Å². The molecule has 1 fully saturated rings. The van der Waals surface area contributed by atoms with Gasteiger partial charge in [-0.15, -0.1) is 0 Å². The first-order chi connectivity index (χ1) is 16.9. The summed E-state index contributed by atoms with van der Waals surface area (Å²) >= 11 is 6.37. The molecule has 3 heterocycles. The molecule has 1 amide bonds. The Labute approximate surface area is 213 Å². The minimum atomic E-state index is -0.611. The summed E-state index contributed by atoms with van der Waals surface area (Å²) in [5.41, 5.74) is -0.216. The van der Waals surface area contributed by atoms with Crippen molar-refractivity contribution in [1.82, 2.24) is 19.0 Å². The Hall–Kier alpha value is -3.27. The van der Waals surface area contributed by atoms with E-state index >= 15 is 0 Å². The number of alkyl carbamates (subject to hydrolysis) is 1. The SMILES string of the molecule is Cn1c(=O)c2c(cc(N3CCC[C@@H](NC(=O)OC(C)(C)C)C3)n2Cc2cc(F)ccc2Cl)n(C)c1=O. The molecule has 0 radical (unpaired) electrons. The first-order valence-electron chi connectivity index (χ1n) is 11.8.